The van der Waals surface area contributed by atoms with Crippen molar-refractivity contribution in [1.82, 2.24) is 4.98 Å². The highest BCUT2D eigenvalue weighted by Gasteiger charge is 2.35. The summed E-state index contributed by atoms with van der Waals surface area (Å²) >= 11 is 1.62. The van der Waals surface area contributed by atoms with Crippen LogP contribution in [0.25, 0.3) is 10.2 Å². The van der Waals surface area contributed by atoms with Gasteiger partial charge >= 0.3 is 0 Å². The SMILES string of the molecule is COc1ccc(C)cc1NC(=O)C1CC(=O)N(c2ccc3sc(C)nc3c2)C1. The summed E-state index contributed by atoms with van der Waals surface area (Å²) < 4.78 is 6.41. The van der Waals surface area contributed by atoms with Gasteiger partial charge < -0.3 is 15.0 Å². The van der Waals surface area contributed by atoms with Gasteiger partial charge in [-0.1, -0.05) is 6.07 Å². The van der Waals surface area contributed by atoms with Crippen molar-refractivity contribution in [2.75, 3.05) is 23.9 Å². The Balaban J connectivity index is 1.52. The van der Waals surface area contributed by atoms with Gasteiger partial charge in [-0.25, -0.2) is 4.98 Å². The van der Waals surface area contributed by atoms with Crippen LogP contribution in [0.5, 0.6) is 5.75 Å². The maximum atomic E-state index is 12.8. The number of carbonyl (C=O) groups is 2. The summed E-state index contributed by atoms with van der Waals surface area (Å²) in [6.07, 6.45) is 0.189. The van der Waals surface area contributed by atoms with Crippen molar-refractivity contribution in [3.05, 3.63) is 47.0 Å². The average molecular weight is 395 g/mol. The number of aromatic nitrogens is 1. The highest BCUT2D eigenvalue weighted by Crippen LogP contribution is 2.31. The second-order valence-corrected chi connectivity index (χ2v) is 8.22. The van der Waals surface area contributed by atoms with Crippen molar-refractivity contribution in [2.45, 2.75) is 20.3 Å². The van der Waals surface area contributed by atoms with Crippen LogP contribution in [0.4, 0.5) is 11.4 Å². The largest absolute Gasteiger partial charge is 0.495 e. The second kappa shape index (κ2) is 7.24. The van der Waals surface area contributed by atoms with E-state index >= 15 is 0 Å². The molecule has 1 saturated heterocycles. The zero-order valence-corrected chi connectivity index (χ0v) is 16.8. The number of hydrogen-bond acceptors (Lipinski definition) is 5. The molecule has 1 N–H and O–H groups in total. The Morgan fingerprint density at radius 2 is 2.07 bits per heavy atom. The van der Waals surface area contributed by atoms with Gasteiger partial charge in [-0.15, -0.1) is 11.3 Å². The molecule has 2 aromatic carbocycles. The fraction of sp³-hybridized carbons (Fsp3) is 0.286. The number of benzene rings is 2. The molecule has 1 atom stereocenters. The zero-order valence-electron chi connectivity index (χ0n) is 16.0. The lowest BCUT2D eigenvalue weighted by Crippen LogP contribution is -2.28. The number of fused-ring (bicyclic) bond motifs is 1. The number of rotatable bonds is 4. The zero-order chi connectivity index (χ0) is 19.8. The predicted octanol–water partition coefficient (Wildman–Crippen LogP) is 3.91. The molecule has 2 heterocycles. The standard InChI is InChI=1S/C21H21N3O3S/c1-12-4-6-18(27-3)16(8-12)23-21(26)14-9-20(25)24(11-14)15-5-7-19-17(10-15)22-13(2)28-19/h4-8,10,14H,9,11H2,1-3H3,(H,23,26). The molecule has 1 fully saturated rings. The Hall–Kier alpha value is -2.93. The van der Waals surface area contributed by atoms with E-state index in [0.29, 0.717) is 18.0 Å². The quantitative estimate of drug-likeness (QED) is 0.727. The van der Waals surface area contributed by atoms with Gasteiger partial charge in [0.1, 0.15) is 5.75 Å². The summed E-state index contributed by atoms with van der Waals surface area (Å²) in [6, 6.07) is 11.4. The molecule has 7 heteroatoms. The van der Waals surface area contributed by atoms with E-state index in [4.69, 9.17) is 4.74 Å². The first-order valence-corrected chi connectivity index (χ1v) is 9.89. The van der Waals surface area contributed by atoms with Gasteiger partial charge in [-0.05, 0) is 49.7 Å². The minimum atomic E-state index is -0.411. The molecule has 1 aromatic heterocycles. The molecule has 0 bridgehead atoms. The number of nitrogens with zero attached hydrogens (tertiary/aromatic N) is 2. The smallest absolute Gasteiger partial charge is 0.229 e. The lowest BCUT2D eigenvalue weighted by Gasteiger charge is -2.17. The molecular formula is C21H21N3O3S. The molecule has 0 radical (unpaired) electrons. The van der Waals surface area contributed by atoms with Gasteiger partial charge in [0.2, 0.25) is 11.8 Å². The monoisotopic (exact) mass is 395 g/mol. The van der Waals surface area contributed by atoms with Crippen LogP contribution in [0.3, 0.4) is 0 Å². The normalized spacial score (nSPS) is 16.6. The van der Waals surface area contributed by atoms with Gasteiger partial charge in [0, 0.05) is 18.7 Å². The van der Waals surface area contributed by atoms with Gasteiger partial charge in [-0.3, -0.25) is 9.59 Å². The van der Waals surface area contributed by atoms with Crippen LogP contribution in [0, 0.1) is 19.8 Å². The number of nitrogens with one attached hydrogen (secondary N) is 1. The molecule has 28 heavy (non-hydrogen) atoms. The maximum Gasteiger partial charge on any atom is 0.229 e. The Morgan fingerprint density at radius 1 is 1.25 bits per heavy atom. The van der Waals surface area contributed by atoms with Crippen molar-refractivity contribution in [2.24, 2.45) is 5.92 Å². The molecule has 3 aromatic rings. The van der Waals surface area contributed by atoms with Crippen molar-refractivity contribution < 1.29 is 14.3 Å². The Kier molecular flexibility index (Phi) is 4.77. The highest BCUT2D eigenvalue weighted by molar-refractivity contribution is 7.18. The topological polar surface area (TPSA) is 71.5 Å². The highest BCUT2D eigenvalue weighted by atomic mass is 32.1. The molecule has 2 amide bonds. The number of anilines is 2. The summed E-state index contributed by atoms with van der Waals surface area (Å²) in [7, 11) is 1.57. The van der Waals surface area contributed by atoms with E-state index in [1.54, 1.807) is 23.3 Å². The minimum absolute atomic E-state index is 0.0531. The molecule has 4 rings (SSSR count). The number of amides is 2. The summed E-state index contributed by atoms with van der Waals surface area (Å²) in [5.41, 5.74) is 3.31. The van der Waals surface area contributed by atoms with Crippen molar-refractivity contribution >= 4 is 44.7 Å². The summed E-state index contributed by atoms with van der Waals surface area (Å²) in [6.45, 7) is 4.27. The molecule has 144 valence electrons. The van der Waals surface area contributed by atoms with Crippen LogP contribution in [0.15, 0.2) is 36.4 Å². The molecule has 0 spiro atoms. The number of thiazole rings is 1. The third-order valence-electron chi connectivity index (χ3n) is 4.90. The first-order chi connectivity index (χ1) is 13.4. The lowest BCUT2D eigenvalue weighted by atomic mass is 10.1. The van der Waals surface area contributed by atoms with Crippen LogP contribution >= 0.6 is 11.3 Å². The van der Waals surface area contributed by atoms with Gasteiger partial charge in [0.15, 0.2) is 0 Å². The Bertz CT molecular complexity index is 1080. The summed E-state index contributed by atoms with van der Waals surface area (Å²) in [4.78, 5) is 31.5. The number of hydrogen-bond donors (Lipinski definition) is 1. The van der Waals surface area contributed by atoms with E-state index in [1.807, 2.05) is 50.2 Å². The fourth-order valence-corrected chi connectivity index (χ4v) is 4.29. The van der Waals surface area contributed by atoms with Crippen molar-refractivity contribution in [1.29, 1.82) is 0 Å². The Labute approximate surface area is 167 Å². The third kappa shape index (κ3) is 3.45. The van der Waals surface area contributed by atoms with Gasteiger partial charge in [0.05, 0.1) is 33.9 Å². The van der Waals surface area contributed by atoms with E-state index in [0.717, 1.165) is 26.5 Å². The van der Waals surface area contributed by atoms with Crippen LogP contribution in [0.1, 0.15) is 17.0 Å². The molecule has 6 nitrogen and oxygen atoms in total. The Morgan fingerprint density at radius 3 is 2.86 bits per heavy atom. The molecule has 0 saturated carbocycles. The second-order valence-electron chi connectivity index (χ2n) is 6.98. The summed E-state index contributed by atoms with van der Waals surface area (Å²) in [5.74, 6) is -0.0388. The average Bonchev–Trinajstić information content (AvgIpc) is 3.23. The van der Waals surface area contributed by atoms with Crippen LogP contribution in [-0.2, 0) is 9.59 Å². The lowest BCUT2D eigenvalue weighted by molar-refractivity contribution is -0.122. The predicted molar refractivity (Wildman–Crippen MR) is 111 cm³/mol. The molecule has 1 aliphatic heterocycles. The van der Waals surface area contributed by atoms with E-state index in [-0.39, 0.29) is 18.2 Å². The van der Waals surface area contributed by atoms with Crippen LogP contribution in [-0.4, -0.2) is 30.5 Å². The molecule has 1 aliphatic rings. The molecule has 0 aliphatic carbocycles. The van der Waals surface area contributed by atoms with Gasteiger partial charge in [-0.2, -0.15) is 0 Å². The first-order valence-electron chi connectivity index (χ1n) is 9.07. The van der Waals surface area contributed by atoms with Crippen molar-refractivity contribution in [3.8, 4) is 5.75 Å². The van der Waals surface area contributed by atoms with E-state index in [1.165, 1.54) is 0 Å². The first kappa shape index (κ1) is 18.4. The van der Waals surface area contributed by atoms with Gasteiger partial charge in [0.25, 0.3) is 0 Å². The third-order valence-corrected chi connectivity index (χ3v) is 5.85. The molecular weight excluding hydrogens is 374 g/mol. The van der Waals surface area contributed by atoms with Crippen LogP contribution in [0.2, 0.25) is 0 Å². The van der Waals surface area contributed by atoms with Crippen molar-refractivity contribution in [3.63, 3.8) is 0 Å². The molecule has 1 unspecified atom stereocenters. The van der Waals surface area contributed by atoms with E-state index in [2.05, 4.69) is 10.3 Å². The minimum Gasteiger partial charge on any atom is -0.495 e. The number of aryl methyl sites for hydroxylation is 2. The van der Waals surface area contributed by atoms with E-state index < -0.39 is 5.92 Å². The number of methoxy groups -OCH3 is 1. The number of carbonyl (C=O) groups excluding carboxylic acids is 2. The van der Waals surface area contributed by atoms with Crippen LogP contribution < -0.4 is 15.0 Å². The summed E-state index contributed by atoms with van der Waals surface area (Å²) in [5, 5.41) is 3.91. The maximum absolute atomic E-state index is 12.8. The van der Waals surface area contributed by atoms with E-state index in [9.17, 15) is 9.59 Å². The fourth-order valence-electron chi connectivity index (χ4n) is 3.49. The number of ether oxygens (including phenoxy) is 1.